The minimum atomic E-state index is -4.41. The number of benzene rings is 1. The average Bonchev–Trinajstić information content (AvgIpc) is 3.21. The van der Waals surface area contributed by atoms with Crippen LogP contribution in [0.2, 0.25) is 5.02 Å². The smallest absolute Gasteiger partial charge is 0.350 e. The Morgan fingerprint density at radius 3 is 2.73 bits per heavy atom. The van der Waals surface area contributed by atoms with E-state index < -0.39 is 12.8 Å². The van der Waals surface area contributed by atoms with Crippen LogP contribution < -0.4 is 5.32 Å². The van der Waals surface area contributed by atoms with Gasteiger partial charge in [-0.15, -0.1) is 0 Å². The highest BCUT2D eigenvalue weighted by atomic mass is 35.5. The predicted octanol–water partition coefficient (Wildman–Crippen LogP) is 4.19. The van der Waals surface area contributed by atoms with Gasteiger partial charge < -0.3 is 10.1 Å². The number of halogens is 4. The quantitative estimate of drug-likeness (QED) is 0.596. The number of alkyl halides is 3. The van der Waals surface area contributed by atoms with Gasteiger partial charge in [-0.25, -0.2) is 4.68 Å². The lowest BCUT2D eigenvalue weighted by Gasteiger charge is -2.08. The summed E-state index contributed by atoms with van der Waals surface area (Å²) >= 11 is 6.17. The van der Waals surface area contributed by atoms with Crippen molar-refractivity contribution >= 4 is 23.2 Å². The standard InChI is InChI=1S/C19H19ClF3N5O2/c1-12-17(20)13(2)28(26-12)8-14-4-3-5-15(6-14)18(29)25-16-7-24-27(9-16)11-30-10-19(21,22)23/h3-7,9H,8,10-11H2,1-2H3,(H,25,29). The zero-order chi connectivity index (χ0) is 21.9. The fourth-order valence-electron chi connectivity index (χ4n) is 2.77. The highest BCUT2D eigenvalue weighted by Crippen LogP contribution is 2.20. The highest BCUT2D eigenvalue weighted by molar-refractivity contribution is 6.31. The van der Waals surface area contributed by atoms with Gasteiger partial charge in [-0.05, 0) is 31.5 Å². The summed E-state index contributed by atoms with van der Waals surface area (Å²) < 4.78 is 43.8. The highest BCUT2D eigenvalue weighted by Gasteiger charge is 2.27. The summed E-state index contributed by atoms with van der Waals surface area (Å²) in [6.45, 7) is 2.39. The lowest BCUT2D eigenvalue weighted by Crippen LogP contribution is -2.18. The van der Waals surface area contributed by atoms with Crippen molar-refractivity contribution in [2.24, 2.45) is 0 Å². The van der Waals surface area contributed by atoms with E-state index in [1.165, 1.54) is 12.4 Å². The number of ether oxygens (including phenoxy) is 1. The molecule has 0 unspecified atom stereocenters. The van der Waals surface area contributed by atoms with Gasteiger partial charge in [0.25, 0.3) is 5.91 Å². The molecule has 160 valence electrons. The lowest BCUT2D eigenvalue weighted by molar-refractivity contribution is -0.182. The molecule has 0 saturated carbocycles. The van der Waals surface area contributed by atoms with Gasteiger partial charge in [0.15, 0.2) is 0 Å². The topological polar surface area (TPSA) is 74.0 Å². The van der Waals surface area contributed by atoms with Crippen molar-refractivity contribution in [1.29, 1.82) is 0 Å². The van der Waals surface area contributed by atoms with Gasteiger partial charge >= 0.3 is 6.18 Å². The Bertz CT molecular complexity index is 1050. The molecule has 0 fully saturated rings. The predicted molar refractivity (Wildman–Crippen MR) is 104 cm³/mol. The molecule has 2 heterocycles. The molecule has 0 saturated heterocycles. The zero-order valence-electron chi connectivity index (χ0n) is 16.2. The van der Waals surface area contributed by atoms with E-state index in [1.54, 1.807) is 22.9 Å². The van der Waals surface area contributed by atoms with Gasteiger partial charge in [0, 0.05) is 5.56 Å². The van der Waals surface area contributed by atoms with Crippen LogP contribution in [0.25, 0.3) is 0 Å². The zero-order valence-corrected chi connectivity index (χ0v) is 17.0. The number of amides is 1. The molecule has 0 aliphatic heterocycles. The monoisotopic (exact) mass is 441 g/mol. The van der Waals surface area contributed by atoms with Crippen LogP contribution in [0.15, 0.2) is 36.7 Å². The second-order valence-electron chi connectivity index (χ2n) is 6.66. The third-order valence-electron chi connectivity index (χ3n) is 4.20. The molecule has 3 aromatic rings. The number of rotatable bonds is 7. The Kier molecular flexibility index (Phi) is 6.47. The Hall–Kier alpha value is -2.85. The van der Waals surface area contributed by atoms with E-state index in [-0.39, 0.29) is 12.6 Å². The molecule has 11 heteroatoms. The lowest BCUT2D eigenvalue weighted by atomic mass is 10.1. The van der Waals surface area contributed by atoms with Gasteiger partial charge in [0.1, 0.15) is 13.3 Å². The molecule has 2 aromatic heterocycles. The number of carbonyl (C=O) groups excluding carboxylic acids is 1. The third-order valence-corrected chi connectivity index (χ3v) is 4.74. The van der Waals surface area contributed by atoms with Crippen LogP contribution in [-0.2, 0) is 18.0 Å². The third kappa shape index (κ3) is 5.61. The number of nitrogens with zero attached hydrogens (tertiary/aromatic N) is 4. The number of carbonyl (C=O) groups is 1. The van der Waals surface area contributed by atoms with E-state index in [0.29, 0.717) is 22.8 Å². The van der Waals surface area contributed by atoms with Gasteiger partial charge in [-0.1, -0.05) is 23.7 Å². The van der Waals surface area contributed by atoms with Crippen LogP contribution in [0.4, 0.5) is 18.9 Å². The molecule has 0 radical (unpaired) electrons. The molecule has 0 spiro atoms. The molecule has 0 atom stereocenters. The second-order valence-corrected chi connectivity index (χ2v) is 7.04. The summed E-state index contributed by atoms with van der Waals surface area (Å²) in [6, 6.07) is 7.02. The Morgan fingerprint density at radius 2 is 2.07 bits per heavy atom. The molecule has 3 rings (SSSR count). The number of aromatic nitrogens is 4. The first-order valence-electron chi connectivity index (χ1n) is 8.89. The van der Waals surface area contributed by atoms with E-state index in [4.69, 9.17) is 11.6 Å². The van der Waals surface area contributed by atoms with E-state index in [1.807, 2.05) is 19.9 Å². The number of hydrogen-bond acceptors (Lipinski definition) is 4. The normalized spacial score (nSPS) is 11.7. The molecule has 0 aliphatic rings. The molecule has 0 bridgehead atoms. The number of aryl methyl sites for hydroxylation is 1. The van der Waals surface area contributed by atoms with E-state index >= 15 is 0 Å². The van der Waals surface area contributed by atoms with Crippen molar-refractivity contribution < 1.29 is 22.7 Å². The van der Waals surface area contributed by atoms with Gasteiger partial charge in [-0.2, -0.15) is 23.4 Å². The van der Waals surface area contributed by atoms with Crippen LogP contribution >= 0.6 is 11.6 Å². The van der Waals surface area contributed by atoms with Crippen LogP contribution in [0.1, 0.15) is 27.3 Å². The average molecular weight is 442 g/mol. The van der Waals surface area contributed by atoms with Crippen LogP contribution in [0, 0.1) is 13.8 Å². The summed E-state index contributed by atoms with van der Waals surface area (Å²) in [7, 11) is 0. The minimum Gasteiger partial charge on any atom is -0.350 e. The second kappa shape index (κ2) is 8.88. The molecule has 0 aliphatic carbocycles. The molecule has 1 N–H and O–H groups in total. The number of nitrogens with one attached hydrogen (secondary N) is 1. The summed E-state index contributed by atoms with van der Waals surface area (Å²) in [5.74, 6) is -0.376. The fraction of sp³-hybridized carbons (Fsp3) is 0.316. The van der Waals surface area contributed by atoms with E-state index in [0.717, 1.165) is 21.6 Å². The molecular weight excluding hydrogens is 423 g/mol. The summed E-state index contributed by atoms with van der Waals surface area (Å²) in [4.78, 5) is 12.5. The SMILES string of the molecule is Cc1nn(Cc2cccc(C(=O)Nc3cnn(COCC(F)(F)F)c3)c2)c(C)c1Cl. The Balaban J connectivity index is 1.62. The minimum absolute atomic E-state index is 0.339. The summed E-state index contributed by atoms with van der Waals surface area (Å²) in [6.07, 6.45) is -1.69. The first-order valence-corrected chi connectivity index (χ1v) is 9.27. The summed E-state index contributed by atoms with van der Waals surface area (Å²) in [5, 5.41) is 11.5. The fourth-order valence-corrected chi connectivity index (χ4v) is 2.91. The Labute approximate surface area is 175 Å². The Morgan fingerprint density at radius 1 is 1.30 bits per heavy atom. The van der Waals surface area contributed by atoms with Crippen molar-refractivity contribution in [2.75, 3.05) is 11.9 Å². The number of hydrogen-bond donors (Lipinski definition) is 1. The molecule has 30 heavy (non-hydrogen) atoms. The molecule has 1 amide bonds. The van der Waals surface area contributed by atoms with Crippen LogP contribution in [0.5, 0.6) is 0 Å². The van der Waals surface area contributed by atoms with Crippen molar-refractivity contribution in [3.8, 4) is 0 Å². The van der Waals surface area contributed by atoms with Crippen molar-refractivity contribution in [1.82, 2.24) is 19.6 Å². The largest absolute Gasteiger partial charge is 0.411 e. The summed E-state index contributed by atoms with van der Waals surface area (Å²) in [5.41, 5.74) is 3.19. The maximum Gasteiger partial charge on any atom is 0.411 e. The maximum absolute atomic E-state index is 12.5. The number of anilines is 1. The van der Waals surface area contributed by atoms with E-state index in [9.17, 15) is 18.0 Å². The molecular formula is C19H19ClF3N5O2. The molecule has 1 aromatic carbocycles. The molecule has 7 nitrogen and oxygen atoms in total. The van der Waals surface area contributed by atoms with Crippen molar-refractivity contribution in [2.45, 2.75) is 33.3 Å². The van der Waals surface area contributed by atoms with Crippen LogP contribution in [-0.4, -0.2) is 38.3 Å². The van der Waals surface area contributed by atoms with Crippen molar-refractivity contribution in [3.05, 3.63) is 64.2 Å². The van der Waals surface area contributed by atoms with E-state index in [2.05, 4.69) is 20.3 Å². The van der Waals surface area contributed by atoms with Crippen molar-refractivity contribution in [3.63, 3.8) is 0 Å². The first kappa shape index (κ1) is 21.8. The van der Waals surface area contributed by atoms with Gasteiger partial charge in [0.2, 0.25) is 0 Å². The van der Waals surface area contributed by atoms with Gasteiger partial charge in [0.05, 0.1) is 41.0 Å². The first-order chi connectivity index (χ1) is 14.1. The van der Waals surface area contributed by atoms with Gasteiger partial charge in [-0.3, -0.25) is 9.48 Å². The van der Waals surface area contributed by atoms with Crippen LogP contribution in [0.3, 0.4) is 0 Å². The maximum atomic E-state index is 12.5.